The van der Waals surface area contributed by atoms with Crippen LogP contribution in [0.25, 0.3) is 21.5 Å². The Morgan fingerprint density at radius 2 is 1.08 bits per heavy atom. The molecular weight excluding hydrogens is 454 g/mol. The van der Waals surface area contributed by atoms with Gasteiger partial charge in [0.1, 0.15) is 0 Å². The summed E-state index contributed by atoms with van der Waals surface area (Å²) in [6.07, 6.45) is 0. The van der Waals surface area contributed by atoms with E-state index in [1.54, 1.807) is 0 Å². The summed E-state index contributed by atoms with van der Waals surface area (Å²) >= 11 is -0.826. The van der Waals surface area contributed by atoms with Gasteiger partial charge >= 0.3 is 37.9 Å². The fraction of sp³-hybridized carbons (Fsp3) is 0.182. The summed E-state index contributed by atoms with van der Waals surface area (Å²) in [5, 5.41) is 5.45. The Morgan fingerprint density at radius 3 is 1.38 bits per heavy atom. The van der Waals surface area contributed by atoms with E-state index in [0.29, 0.717) is 0 Å². The third kappa shape index (κ3) is 7.53. The second-order valence-corrected chi connectivity index (χ2v) is 10.5. The quantitative estimate of drug-likeness (QED) is 0.178. The number of hydrogen-bond donors (Lipinski definition) is 0. The van der Waals surface area contributed by atoms with E-state index in [1.807, 2.05) is 0 Å². The molecule has 0 fully saturated rings. The first-order valence-corrected chi connectivity index (χ1v) is 16.7. The number of hydrogen-bond acceptors (Lipinski definition) is 0. The number of benzene rings is 2. The predicted octanol–water partition coefficient (Wildman–Crippen LogP) is 7.90. The van der Waals surface area contributed by atoms with Gasteiger partial charge in [-0.2, -0.15) is 24.3 Å². The predicted molar refractivity (Wildman–Crippen MR) is 118 cm³/mol. The normalized spacial score (nSPS) is 9.15. The molecule has 0 N–H and O–H groups in total. The maximum absolute atomic E-state index is 4.93. The van der Waals surface area contributed by atoms with Crippen LogP contribution in [0.15, 0.2) is 72.8 Å². The second kappa shape index (κ2) is 13.5. The first-order valence-electron chi connectivity index (χ1n) is 8.35. The van der Waals surface area contributed by atoms with Crippen molar-refractivity contribution >= 4 is 48.1 Å². The monoisotopic (exact) mass is 476 g/mol. The van der Waals surface area contributed by atoms with E-state index < -0.39 is 20.8 Å². The third-order valence-corrected chi connectivity index (χ3v) is 3.79. The minimum absolute atomic E-state index is 0.826. The third-order valence-electron chi connectivity index (χ3n) is 3.79. The Labute approximate surface area is 178 Å². The molecule has 0 spiro atoms. The molecule has 0 aliphatic heterocycles. The van der Waals surface area contributed by atoms with Crippen LogP contribution in [-0.2, 0) is 20.8 Å². The number of rotatable bonds is 0. The average Bonchev–Trinajstić information content (AvgIpc) is 3.27. The average molecular weight is 479 g/mol. The maximum atomic E-state index is 4.93. The molecule has 0 atom stereocenters. The van der Waals surface area contributed by atoms with Crippen LogP contribution in [0.2, 0.25) is 13.1 Å². The van der Waals surface area contributed by atoms with Crippen molar-refractivity contribution in [3.05, 3.63) is 83.9 Å². The van der Waals surface area contributed by atoms with Gasteiger partial charge in [0.2, 0.25) is 0 Å². The second-order valence-electron chi connectivity index (χ2n) is 5.78. The van der Waals surface area contributed by atoms with E-state index in [-0.39, 0.29) is 0 Å². The van der Waals surface area contributed by atoms with Crippen molar-refractivity contribution in [3.8, 4) is 0 Å². The van der Waals surface area contributed by atoms with E-state index in [2.05, 4.69) is 99.7 Å². The van der Waals surface area contributed by atoms with Crippen LogP contribution in [-0.4, -0.2) is 9.52 Å². The van der Waals surface area contributed by atoms with Crippen molar-refractivity contribution in [1.29, 1.82) is 0 Å². The standard InChI is InChI=1S/2C10H9.C2H6Si.2ClH.Zr/c2*1-8-4-2-5-9-6-3-7-10(8)9;1-3-2;;;/h2*2-7H,1H3;1-2H3;2*1H;/q2*-1;;;;+4/p-2. The summed E-state index contributed by atoms with van der Waals surface area (Å²) in [7, 11) is 11.0. The molecule has 0 saturated heterocycles. The Kier molecular flexibility index (Phi) is 12.1. The van der Waals surface area contributed by atoms with E-state index in [9.17, 15) is 0 Å². The first-order chi connectivity index (χ1) is 12.6. The van der Waals surface area contributed by atoms with Gasteiger partial charge in [-0.15, -0.1) is 69.1 Å². The number of aryl methyl sites for hydroxylation is 2. The van der Waals surface area contributed by atoms with Crippen molar-refractivity contribution in [1.82, 2.24) is 0 Å². The molecule has 4 rings (SSSR count). The molecule has 0 aliphatic rings. The van der Waals surface area contributed by atoms with Crippen molar-refractivity contribution in [2.24, 2.45) is 0 Å². The molecule has 0 nitrogen and oxygen atoms in total. The summed E-state index contributed by atoms with van der Waals surface area (Å²) in [6, 6.07) is 25.5. The van der Waals surface area contributed by atoms with Crippen molar-refractivity contribution in [3.63, 3.8) is 0 Å². The molecule has 4 aromatic rings. The van der Waals surface area contributed by atoms with Gasteiger partial charge in [-0.3, -0.25) is 0 Å². The molecule has 0 amide bonds. The van der Waals surface area contributed by atoms with Crippen LogP contribution in [0, 0.1) is 13.8 Å². The Bertz CT molecular complexity index is 806. The molecule has 0 aliphatic carbocycles. The van der Waals surface area contributed by atoms with Gasteiger partial charge in [0.15, 0.2) is 0 Å². The molecule has 134 valence electrons. The number of halogens is 2. The zero-order valence-electron chi connectivity index (χ0n) is 15.7. The molecular formula is C22H24Cl2SiZr. The molecule has 0 bridgehead atoms. The zero-order chi connectivity index (χ0) is 19.4. The fourth-order valence-electron chi connectivity index (χ4n) is 2.65. The van der Waals surface area contributed by atoms with Gasteiger partial charge in [-0.25, -0.2) is 0 Å². The Balaban J connectivity index is 0.000000201. The van der Waals surface area contributed by atoms with Crippen LogP contribution in [0.5, 0.6) is 0 Å². The fourth-order valence-corrected chi connectivity index (χ4v) is 2.65. The van der Waals surface area contributed by atoms with E-state index in [1.165, 1.54) is 32.7 Å². The van der Waals surface area contributed by atoms with Gasteiger partial charge < -0.3 is 0 Å². The Morgan fingerprint density at radius 1 is 0.731 bits per heavy atom. The topological polar surface area (TPSA) is 0 Å². The van der Waals surface area contributed by atoms with Gasteiger partial charge in [-0.05, 0) is 0 Å². The summed E-state index contributed by atoms with van der Waals surface area (Å²) in [5.41, 5.74) is 2.73. The van der Waals surface area contributed by atoms with Crippen LogP contribution in [0.4, 0.5) is 0 Å². The summed E-state index contributed by atoms with van der Waals surface area (Å²) in [6.45, 7) is 8.59. The zero-order valence-corrected chi connectivity index (χ0v) is 20.7. The summed E-state index contributed by atoms with van der Waals surface area (Å²) in [4.78, 5) is 0. The first kappa shape index (κ1) is 23.4. The molecule has 4 aromatic carbocycles. The van der Waals surface area contributed by atoms with Crippen LogP contribution >= 0.6 is 17.0 Å². The number of fused-ring (bicyclic) bond motifs is 2. The van der Waals surface area contributed by atoms with E-state index >= 15 is 0 Å². The van der Waals surface area contributed by atoms with E-state index in [0.717, 1.165) is 9.52 Å². The van der Waals surface area contributed by atoms with Gasteiger partial charge in [-0.1, -0.05) is 39.1 Å². The Hall–Kier alpha value is -0.660. The molecule has 0 saturated carbocycles. The van der Waals surface area contributed by atoms with Gasteiger partial charge in [0, 0.05) is 9.52 Å². The molecule has 0 aromatic heterocycles. The molecule has 4 heteroatoms. The molecule has 26 heavy (non-hydrogen) atoms. The van der Waals surface area contributed by atoms with Crippen molar-refractivity contribution < 1.29 is 20.8 Å². The summed E-state index contributed by atoms with van der Waals surface area (Å²) < 4.78 is 0. The van der Waals surface area contributed by atoms with E-state index in [4.69, 9.17) is 17.0 Å². The van der Waals surface area contributed by atoms with Crippen molar-refractivity contribution in [2.45, 2.75) is 26.9 Å². The molecule has 0 heterocycles. The summed E-state index contributed by atoms with van der Waals surface area (Å²) in [5.74, 6) is 0. The minimum atomic E-state index is -0.826. The van der Waals surface area contributed by atoms with Crippen LogP contribution < -0.4 is 0 Å². The van der Waals surface area contributed by atoms with Gasteiger partial charge in [0.05, 0.1) is 0 Å². The van der Waals surface area contributed by atoms with Gasteiger partial charge in [0.25, 0.3) is 0 Å². The molecule has 0 unspecified atom stereocenters. The SMILES string of the molecule is C[Si]C.Cc1cccc2cc[cH-]c12.Cc1cccc2cc[cH-]c12.[Cl][Zr+2][Cl]. The van der Waals surface area contributed by atoms with Crippen LogP contribution in [0.1, 0.15) is 11.1 Å². The molecule has 2 radical (unpaired) electrons. The van der Waals surface area contributed by atoms with Crippen molar-refractivity contribution in [2.75, 3.05) is 0 Å². The van der Waals surface area contributed by atoms with Crippen LogP contribution in [0.3, 0.4) is 0 Å².